The fraction of sp³-hybridized carbons (Fsp3) is 0.600. The molecule has 1 saturated heterocycles. The largest absolute Gasteiger partial charge is 0.350 e. The van der Waals surface area contributed by atoms with E-state index in [9.17, 15) is 0 Å². The van der Waals surface area contributed by atoms with E-state index < -0.39 is 0 Å². The van der Waals surface area contributed by atoms with Crippen LogP contribution in [0.2, 0.25) is 0 Å². The highest BCUT2D eigenvalue weighted by atomic mass is 16.7. The number of aryl methyl sites for hydroxylation is 1. The quantitative estimate of drug-likeness (QED) is 0.751. The van der Waals surface area contributed by atoms with Gasteiger partial charge in [-0.05, 0) is 37.2 Å². The molecule has 2 rings (SSSR count). The van der Waals surface area contributed by atoms with Gasteiger partial charge in [0.1, 0.15) is 0 Å². The second-order valence-electron chi connectivity index (χ2n) is 4.88. The summed E-state index contributed by atoms with van der Waals surface area (Å²) in [6, 6.07) is 10.7. The predicted octanol–water partition coefficient (Wildman–Crippen LogP) is 3.41. The number of hydrogen-bond acceptors (Lipinski definition) is 2. The normalized spacial score (nSPS) is 18.4. The van der Waals surface area contributed by atoms with E-state index in [2.05, 4.69) is 37.3 Å². The Bertz CT molecular complexity index is 304. The van der Waals surface area contributed by atoms with Crippen LogP contribution in [0.25, 0.3) is 0 Å². The van der Waals surface area contributed by atoms with Gasteiger partial charge in [0.05, 0.1) is 13.2 Å². The van der Waals surface area contributed by atoms with E-state index in [4.69, 9.17) is 9.47 Å². The second-order valence-corrected chi connectivity index (χ2v) is 4.88. The molecule has 0 aromatic heterocycles. The Balaban J connectivity index is 1.62. The number of rotatable bonds is 6. The van der Waals surface area contributed by atoms with Crippen LogP contribution in [0.5, 0.6) is 0 Å². The van der Waals surface area contributed by atoms with Crippen molar-refractivity contribution in [1.82, 2.24) is 0 Å². The molecule has 1 heterocycles. The third kappa shape index (κ3) is 4.49. The lowest BCUT2D eigenvalue weighted by molar-refractivity contribution is -0.0499. The summed E-state index contributed by atoms with van der Waals surface area (Å²) >= 11 is 0. The van der Waals surface area contributed by atoms with Gasteiger partial charge in [-0.15, -0.1) is 0 Å². The van der Waals surface area contributed by atoms with Gasteiger partial charge in [0.2, 0.25) is 0 Å². The maximum atomic E-state index is 5.44. The average molecular weight is 234 g/mol. The molecule has 1 aromatic carbocycles. The molecule has 1 unspecified atom stereocenters. The lowest BCUT2D eigenvalue weighted by atomic mass is 9.97. The molecule has 2 nitrogen and oxygen atoms in total. The van der Waals surface area contributed by atoms with Crippen molar-refractivity contribution in [1.29, 1.82) is 0 Å². The van der Waals surface area contributed by atoms with Crippen LogP contribution >= 0.6 is 0 Å². The van der Waals surface area contributed by atoms with E-state index in [1.807, 2.05) is 0 Å². The number of ether oxygens (including phenoxy) is 2. The highest BCUT2D eigenvalue weighted by Crippen LogP contribution is 2.18. The van der Waals surface area contributed by atoms with Crippen molar-refractivity contribution in [3.8, 4) is 0 Å². The van der Waals surface area contributed by atoms with E-state index in [1.165, 1.54) is 24.8 Å². The Morgan fingerprint density at radius 2 is 1.82 bits per heavy atom. The third-order valence-electron chi connectivity index (χ3n) is 3.35. The maximum Gasteiger partial charge on any atom is 0.157 e. The van der Waals surface area contributed by atoms with Crippen molar-refractivity contribution in [3.63, 3.8) is 0 Å². The van der Waals surface area contributed by atoms with Crippen LogP contribution in [-0.4, -0.2) is 19.5 Å². The molecule has 1 aliphatic heterocycles. The van der Waals surface area contributed by atoms with Crippen LogP contribution < -0.4 is 0 Å². The van der Waals surface area contributed by atoms with Gasteiger partial charge in [0, 0.05) is 0 Å². The zero-order chi connectivity index (χ0) is 11.9. The van der Waals surface area contributed by atoms with Crippen molar-refractivity contribution in [2.24, 2.45) is 5.92 Å². The van der Waals surface area contributed by atoms with Gasteiger partial charge < -0.3 is 9.47 Å². The van der Waals surface area contributed by atoms with Gasteiger partial charge >= 0.3 is 0 Å². The van der Waals surface area contributed by atoms with E-state index in [-0.39, 0.29) is 6.29 Å². The van der Waals surface area contributed by atoms with Crippen molar-refractivity contribution < 1.29 is 9.47 Å². The fourth-order valence-electron chi connectivity index (χ4n) is 2.20. The zero-order valence-electron chi connectivity index (χ0n) is 10.6. The maximum absolute atomic E-state index is 5.44. The molecule has 17 heavy (non-hydrogen) atoms. The first-order chi connectivity index (χ1) is 8.34. The van der Waals surface area contributed by atoms with Gasteiger partial charge in [-0.1, -0.05) is 37.3 Å². The number of benzene rings is 1. The highest BCUT2D eigenvalue weighted by molar-refractivity contribution is 5.14. The summed E-state index contributed by atoms with van der Waals surface area (Å²) in [4.78, 5) is 0. The SMILES string of the molecule is CC(CCc1ccccc1)CCC1OCCO1. The molecule has 0 bridgehead atoms. The smallest absolute Gasteiger partial charge is 0.157 e. The Hall–Kier alpha value is -0.860. The lowest BCUT2D eigenvalue weighted by Gasteiger charge is -2.14. The van der Waals surface area contributed by atoms with Gasteiger partial charge in [-0.2, -0.15) is 0 Å². The molecular formula is C15H22O2. The topological polar surface area (TPSA) is 18.5 Å². The summed E-state index contributed by atoms with van der Waals surface area (Å²) in [6.07, 6.45) is 4.72. The second kappa shape index (κ2) is 6.77. The zero-order valence-corrected chi connectivity index (χ0v) is 10.6. The van der Waals surface area contributed by atoms with E-state index in [1.54, 1.807) is 0 Å². The molecule has 94 valence electrons. The first-order valence-electron chi connectivity index (χ1n) is 6.62. The van der Waals surface area contributed by atoms with Crippen molar-refractivity contribution >= 4 is 0 Å². The molecule has 1 aromatic rings. The molecule has 0 aliphatic carbocycles. The van der Waals surface area contributed by atoms with E-state index >= 15 is 0 Å². The van der Waals surface area contributed by atoms with E-state index in [0.717, 1.165) is 25.6 Å². The van der Waals surface area contributed by atoms with Gasteiger partial charge in [0.25, 0.3) is 0 Å². The monoisotopic (exact) mass is 234 g/mol. The van der Waals surface area contributed by atoms with Crippen LogP contribution in [0.1, 0.15) is 31.7 Å². The Morgan fingerprint density at radius 1 is 1.12 bits per heavy atom. The standard InChI is InChI=1S/C15H22O2/c1-13(8-10-15-16-11-12-17-15)7-9-14-5-3-2-4-6-14/h2-6,13,15H,7-12H2,1H3. The van der Waals surface area contributed by atoms with Gasteiger partial charge in [-0.25, -0.2) is 0 Å². The molecule has 2 heteroatoms. The summed E-state index contributed by atoms with van der Waals surface area (Å²) in [7, 11) is 0. The van der Waals surface area contributed by atoms with Crippen LogP contribution in [0, 0.1) is 5.92 Å². The van der Waals surface area contributed by atoms with Crippen LogP contribution in [0.3, 0.4) is 0 Å². The minimum atomic E-state index is 0.0641. The Morgan fingerprint density at radius 3 is 2.53 bits per heavy atom. The molecule has 0 spiro atoms. The third-order valence-corrected chi connectivity index (χ3v) is 3.35. The Labute approximate surface area is 104 Å². The molecule has 0 N–H and O–H groups in total. The highest BCUT2D eigenvalue weighted by Gasteiger charge is 2.16. The predicted molar refractivity (Wildman–Crippen MR) is 68.9 cm³/mol. The summed E-state index contributed by atoms with van der Waals surface area (Å²) in [5.41, 5.74) is 1.44. The average Bonchev–Trinajstić information content (AvgIpc) is 2.88. The van der Waals surface area contributed by atoms with Gasteiger partial charge in [-0.3, -0.25) is 0 Å². The summed E-state index contributed by atoms with van der Waals surface area (Å²) < 4.78 is 10.9. The summed E-state index contributed by atoms with van der Waals surface area (Å²) in [5.74, 6) is 0.739. The first kappa shape index (κ1) is 12.6. The van der Waals surface area contributed by atoms with Crippen molar-refractivity contribution in [2.45, 2.75) is 38.9 Å². The lowest BCUT2D eigenvalue weighted by Crippen LogP contribution is -2.09. The summed E-state index contributed by atoms with van der Waals surface area (Å²) in [6.45, 7) is 3.85. The molecule has 0 saturated carbocycles. The minimum Gasteiger partial charge on any atom is -0.350 e. The molecule has 0 radical (unpaired) electrons. The van der Waals surface area contributed by atoms with Crippen molar-refractivity contribution in [3.05, 3.63) is 35.9 Å². The first-order valence-corrected chi connectivity index (χ1v) is 6.62. The number of hydrogen-bond donors (Lipinski definition) is 0. The molecular weight excluding hydrogens is 212 g/mol. The van der Waals surface area contributed by atoms with Crippen LogP contribution in [-0.2, 0) is 15.9 Å². The molecule has 0 amide bonds. The Kier molecular flexibility index (Phi) is 5.02. The molecule has 1 aliphatic rings. The summed E-state index contributed by atoms with van der Waals surface area (Å²) in [5, 5.41) is 0. The fourth-order valence-corrected chi connectivity index (χ4v) is 2.20. The van der Waals surface area contributed by atoms with Crippen molar-refractivity contribution in [2.75, 3.05) is 13.2 Å². The van der Waals surface area contributed by atoms with Crippen LogP contribution in [0.15, 0.2) is 30.3 Å². The van der Waals surface area contributed by atoms with Gasteiger partial charge in [0.15, 0.2) is 6.29 Å². The molecule has 1 atom stereocenters. The molecule has 1 fully saturated rings. The minimum absolute atomic E-state index is 0.0641. The van der Waals surface area contributed by atoms with Crippen LogP contribution in [0.4, 0.5) is 0 Å². The van der Waals surface area contributed by atoms with E-state index in [0.29, 0.717) is 0 Å².